The van der Waals surface area contributed by atoms with Crippen molar-refractivity contribution in [2.45, 2.75) is 23.7 Å². The predicted molar refractivity (Wildman–Crippen MR) is 68.4 cm³/mol. The fourth-order valence-corrected chi connectivity index (χ4v) is 2.90. The summed E-state index contributed by atoms with van der Waals surface area (Å²) in [5, 5.41) is 2.55. The third-order valence-corrected chi connectivity index (χ3v) is 4.58. The Morgan fingerprint density at radius 3 is 2.71 bits per heavy atom. The molecule has 1 aliphatic rings. The molecule has 1 fully saturated rings. The molecule has 1 saturated carbocycles. The van der Waals surface area contributed by atoms with Crippen LogP contribution in [0.2, 0.25) is 5.02 Å². The third-order valence-electron chi connectivity index (χ3n) is 2.88. The monoisotopic (exact) mass is 335 g/mol. The molecule has 1 heterocycles. The van der Waals surface area contributed by atoms with Crippen molar-refractivity contribution < 1.29 is 21.7 Å². The summed E-state index contributed by atoms with van der Waals surface area (Å²) in [6.45, 7) is 0. The Kier molecular flexibility index (Phi) is 3.33. The van der Waals surface area contributed by atoms with E-state index in [0.717, 1.165) is 25.0 Å². The van der Waals surface area contributed by atoms with Crippen LogP contribution in [0.1, 0.15) is 24.7 Å². The van der Waals surface area contributed by atoms with Gasteiger partial charge >= 0.3 is 0 Å². The zero-order chi connectivity index (χ0) is 15.2. The molecule has 0 radical (unpaired) electrons. The summed E-state index contributed by atoms with van der Waals surface area (Å²) in [5.41, 5.74) is 0. The smallest absolute Gasteiger partial charge is 0.277 e. The van der Waals surface area contributed by atoms with Crippen molar-refractivity contribution in [2.75, 3.05) is 4.72 Å². The number of sulfonamides is 1. The Bertz CT molecular complexity index is 805. The van der Waals surface area contributed by atoms with Gasteiger partial charge in [-0.15, -0.1) is 0 Å². The number of anilines is 1. The minimum Gasteiger partial charge on any atom is -0.337 e. The second-order valence-electron chi connectivity index (χ2n) is 4.51. The Hall–Kier alpha value is -1.74. The molecule has 0 aliphatic heterocycles. The highest BCUT2D eigenvalue weighted by atomic mass is 35.5. The van der Waals surface area contributed by atoms with Gasteiger partial charge in [-0.2, -0.15) is 4.98 Å². The predicted octanol–water partition coefficient (Wildman–Crippen LogP) is 2.68. The molecule has 0 unspecified atom stereocenters. The van der Waals surface area contributed by atoms with Gasteiger partial charge in [-0.1, -0.05) is 11.6 Å². The molecular formula is C11H8ClF2N3O3S. The van der Waals surface area contributed by atoms with Crippen LogP contribution < -0.4 is 4.72 Å². The number of benzene rings is 1. The first-order valence-corrected chi connectivity index (χ1v) is 7.74. The lowest BCUT2D eigenvalue weighted by Crippen LogP contribution is -2.16. The van der Waals surface area contributed by atoms with E-state index in [0.29, 0.717) is 5.89 Å². The molecule has 0 atom stereocenters. The van der Waals surface area contributed by atoms with Crippen LogP contribution in [0.4, 0.5) is 14.7 Å². The fourth-order valence-electron chi connectivity index (χ4n) is 1.66. The summed E-state index contributed by atoms with van der Waals surface area (Å²) < 4.78 is 57.7. The van der Waals surface area contributed by atoms with E-state index >= 15 is 0 Å². The summed E-state index contributed by atoms with van der Waals surface area (Å²) in [4.78, 5) is 3.06. The zero-order valence-electron chi connectivity index (χ0n) is 10.3. The molecule has 112 valence electrons. The van der Waals surface area contributed by atoms with E-state index in [4.69, 9.17) is 16.1 Å². The van der Waals surface area contributed by atoms with Crippen LogP contribution in [0.25, 0.3) is 0 Å². The van der Waals surface area contributed by atoms with Crippen LogP contribution in [-0.4, -0.2) is 18.6 Å². The number of rotatable bonds is 4. The van der Waals surface area contributed by atoms with Crippen molar-refractivity contribution in [2.24, 2.45) is 0 Å². The van der Waals surface area contributed by atoms with Crippen molar-refractivity contribution in [1.82, 2.24) is 10.1 Å². The highest BCUT2D eigenvalue weighted by Crippen LogP contribution is 2.39. The molecule has 0 bridgehead atoms. The minimum absolute atomic E-state index is 0.146. The number of nitrogens with one attached hydrogen (secondary N) is 1. The fraction of sp³-hybridized carbons (Fsp3) is 0.273. The van der Waals surface area contributed by atoms with Crippen molar-refractivity contribution in [1.29, 1.82) is 0 Å². The van der Waals surface area contributed by atoms with Gasteiger partial charge in [0.25, 0.3) is 16.0 Å². The third kappa shape index (κ3) is 2.70. The van der Waals surface area contributed by atoms with Crippen molar-refractivity contribution in [3.63, 3.8) is 0 Å². The van der Waals surface area contributed by atoms with Crippen LogP contribution in [-0.2, 0) is 10.0 Å². The highest BCUT2D eigenvalue weighted by Gasteiger charge is 2.31. The van der Waals surface area contributed by atoms with E-state index < -0.39 is 31.6 Å². The average molecular weight is 336 g/mol. The minimum atomic E-state index is -4.34. The molecule has 3 rings (SSSR count). The summed E-state index contributed by atoms with van der Waals surface area (Å²) in [6, 6.07) is 1.52. The number of nitrogens with zero attached hydrogens (tertiary/aromatic N) is 2. The van der Waals surface area contributed by atoms with Gasteiger partial charge in [0.15, 0.2) is 5.82 Å². The van der Waals surface area contributed by atoms with Gasteiger partial charge in [0.2, 0.25) is 5.89 Å². The molecule has 1 N–H and O–H groups in total. The summed E-state index contributed by atoms with van der Waals surface area (Å²) in [6.07, 6.45) is 1.80. The molecule has 21 heavy (non-hydrogen) atoms. The molecule has 1 aromatic carbocycles. The molecule has 0 amide bonds. The second kappa shape index (κ2) is 4.92. The Morgan fingerprint density at radius 1 is 1.33 bits per heavy atom. The Morgan fingerprint density at radius 2 is 2.05 bits per heavy atom. The van der Waals surface area contributed by atoms with Crippen LogP contribution in [0.3, 0.4) is 0 Å². The van der Waals surface area contributed by atoms with E-state index in [9.17, 15) is 17.2 Å². The van der Waals surface area contributed by atoms with E-state index in [2.05, 4.69) is 10.1 Å². The van der Waals surface area contributed by atoms with Gasteiger partial charge in [-0.25, -0.2) is 21.9 Å². The van der Waals surface area contributed by atoms with Crippen LogP contribution in [0.15, 0.2) is 21.6 Å². The summed E-state index contributed by atoms with van der Waals surface area (Å²) in [5.74, 6) is -2.27. The largest absolute Gasteiger partial charge is 0.337 e. The molecule has 6 nitrogen and oxygen atoms in total. The van der Waals surface area contributed by atoms with Gasteiger partial charge in [0.05, 0.1) is 0 Å². The molecule has 1 aliphatic carbocycles. The van der Waals surface area contributed by atoms with Crippen LogP contribution >= 0.6 is 11.6 Å². The molecule has 10 heteroatoms. The quantitative estimate of drug-likeness (QED) is 0.868. The maximum Gasteiger partial charge on any atom is 0.277 e. The lowest BCUT2D eigenvalue weighted by molar-refractivity contribution is 0.380. The average Bonchev–Trinajstić information content (AvgIpc) is 3.17. The molecule has 0 spiro atoms. The molecule has 0 saturated heterocycles. The lowest BCUT2D eigenvalue weighted by Gasteiger charge is -2.06. The molecule has 1 aromatic heterocycles. The van der Waals surface area contributed by atoms with Gasteiger partial charge in [0, 0.05) is 5.92 Å². The van der Waals surface area contributed by atoms with Crippen molar-refractivity contribution in [3.05, 3.63) is 34.7 Å². The zero-order valence-corrected chi connectivity index (χ0v) is 11.9. The van der Waals surface area contributed by atoms with Crippen molar-refractivity contribution in [3.8, 4) is 0 Å². The first-order chi connectivity index (χ1) is 9.88. The summed E-state index contributed by atoms with van der Waals surface area (Å²) >= 11 is 5.35. The summed E-state index contributed by atoms with van der Waals surface area (Å²) in [7, 11) is -4.34. The number of halogens is 3. The second-order valence-corrected chi connectivity index (χ2v) is 6.54. The van der Waals surface area contributed by atoms with Crippen LogP contribution in [0, 0.1) is 11.6 Å². The first kappa shape index (κ1) is 14.2. The van der Waals surface area contributed by atoms with Gasteiger partial charge < -0.3 is 4.52 Å². The van der Waals surface area contributed by atoms with Crippen LogP contribution in [0.5, 0.6) is 0 Å². The first-order valence-electron chi connectivity index (χ1n) is 5.88. The SMILES string of the molecule is O=S(=O)(Nc1noc(C2CC2)n1)c1ccc(F)c(Cl)c1F. The van der Waals surface area contributed by atoms with Crippen molar-refractivity contribution >= 4 is 27.6 Å². The Labute approximate surface area is 123 Å². The van der Waals surface area contributed by atoms with E-state index in [-0.39, 0.29) is 11.9 Å². The van der Waals surface area contributed by atoms with Gasteiger partial charge in [-0.05, 0) is 30.1 Å². The topological polar surface area (TPSA) is 85.1 Å². The maximum absolute atomic E-state index is 13.7. The lowest BCUT2D eigenvalue weighted by atomic mass is 10.3. The highest BCUT2D eigenvalue weighted by molar-refractivity contribution is 7.92. The number of hydrogen-bond donors (Lipinski definition) is 1. The van der Waals surface area contributed by atoms with E-state index in [1.165, 1.54) is 0 Å². The Balaban J connectivity index is 1.91. The molecular weight excluding hydrogens is 328 g/mol. The maximum atomic E-state index is 13.7. The molecule has 2 aromatic rings. The standard InChI is InChI=1S/C11H8ClF2N3O3S/c12-8-6(13)3-4-7(9(8)14)21(18,19)17-11-15-10(20-16-11)5-1-2-5/h3-5H,1-2H2,(H,16,17). The van der Waals surface area contributed by atoms with E-state index in [1.54, 1.807) is 0 Å². The number of hydrogen-bond acceptors (Lipinski definition) is 5. The normalized spacial score (nSPS) is 15.2. The number of aromatic nitrogens is 2. The van der Waals surface area contributed by atoms with Gasteiger partial charge in [-0.3, -0.25) is 0 Å². The van der Waals surface area contributed by atoms with E-state index in [1.807, 2.05) is 4.72 Å². The van der Waals surface area contributed by atoms with Gasteiger partial charge in [0.1, 0.15) is 15.7 Å².